The van der Waals surface area contributed by atoms with Crippen molar-refractivity contribution in [2.75, 3.05) is 16.9 Å². The molecule has 2 aromatic heterocycles. The van der Waals surface area contributed by atoms with E-state index in [-0.39, 0.29) is 18.0 Å². The first-order valence-electron chi connectivity index (χ1n) is 9.86. The van der Waals surface area contributed by atoms with Gasteiger partial charge >= 0.3 is 0 Å². The van der Waals surface area contributed by atoms with Gasteiger partial charge in [-0.3, -0.25) is 14.2 Å². The standard InChI is InChI=1S/C23H22N4O2S2/c1-3-18-13-19-21(31-18)26-23(30-2)27(22(19)29)14-20(28)25-17-11-9-16(10-12-17)24-15-7-5-4-6-8-15/h4-13,24H,3,14H2,1-2H3,(H,25,28). The van der Waals surface area contributed by atoms with Gasteiger partial charge in [0.05, 0.1) is 5.39 Å². The molecule has 0 saturated heterocycles. The third-order valence-electron chi connectivity index (χ3n) is 4.73. The van der Waals surface area contributed by atoms with Crippen LogP contribution in [0.3, 0.4) is 0 Å². The van der Waals surface area contributed by atoms with Gasteiger partial charge in [-0.05, 0) is 55.1 Å². The number of anilines is 3. The Bertz CT molecular complexity index is 1260. The lowest BCUT2D eigenvalue weighted by Gasteiger charge is -2.11. The van der Waals surface area contributed by atoms with E-state index < -0.39 is 0 Å². The van der Waals surface area contributed by atoms with Crippen LogP contribution in [0.5, 0.6) is 0 Å². The minimum Gasteiger partial charge on any atom is -0.356 e. The molecule has 0 fully saturated rings. The molecule has 158 valence electrons. The van der Waals surface area contributed by atoms with Crippen molar-refractivity contribution in [1.82, 2.24) is 9.55 Å². The molecule has 1 amide bonds. The number of aromatic nitrogens is 2. The molecule has 2 aromatic carbocycles. The van der Waals surface area contributed by atoms with Crippen LogP contribution in [0.2, 0.25) is 0 Å². The van der Waals surface area contributed by atoms with E-state index in [0.29, 0.717) is 16.2 Å². The third kappa shape index (κ3) is 4.81. The van der Waals surface area contributed by atoms with Crippen LogP contribution in [0.4, 0.5) is 17.1 Å². The molecule has 0 aliphatic carbocycles. The molecule has 0 aliphatic rings. The highest BCUT2D eigenvalue weighted by Crippen LogP contribution is 2.24. The van der Waals surface area contributed by atoms with E-state index in [1.54, 1.807) is 0 Å². The summed E-state index contributed by atoms with van der Waals surface area (Å²) in [4.78, 5) is 32.1. The predicted molar refractivity (Wildman–Crippen MR) is 130 cm³/mol. The minimum absolute atomic E-state index is 0.0841. The van der Waals surface area contributed by atoms with Crippen molar-refractivity contribution in [1.29, 1.82) is 0 Å². The second-order valence-electron chi connectivity index (χ2n) is 6.89. The number of para-hydroxylation sites is 1. The predicted octanol–water partition coefficient (Wildman–Crippen LogP) is 5.12. The summed E-state index contributed by atoms with van der Waals surface area (Å²) in [5, 5.41) is 7.28. The Morgan fingerprint density at radius 1 is 1.06 bits per heavy atom. The van der Waals surface area contributed by atoms with Gasteiger partial charge < -0.3 is 10.6 Å². The minimum atomic E-state index is -0.270. The van der Waals surface area contributed by atoms with Gasteiger partial charge in [-0.15, -0.1) is 11.3 Å². The van der Waals surface area contributed by atoms with Gasteiger partial charge in [0.2, 0.25) is 5.91 Å². The Morgan fingerprint density at radius 3 is 2.42 bits per heavy atom. The number of rotatable bonds is 7. The average molecular weight is 451 g/mol. The van der Waals surface area contributed by atoms with Crippen LogP contribution in [0, 0.1) is 0 Å². The fourth-order valence-electron chi connectivity index (χ4n) is 3.19. The number of nitrogens with one attached hydrogen (secondary N) is 2. The number of amides is 1. The van der Waals surface area contributed by atoms with Gasteiger partial charge in [0, 0.05) is 21.9 Å². The highest BCUT2D eigenvalue weighted by atomic mass is 32.2. The van der Waals surface area contributed by atoms with Crippen molar-refractivity contribution < 1.29 is 4.79 Å². The molecule has 4 rings (SSSR count). The molecule has 0 aliphatic heterocycles. The maximum atomic E-state index is 13.0. The van der Waals surface area contributed by atoms with Crippen LogP contribution in [0.1, 0.15) is 11.8 Å². The van der Waals surface area contributed by atoms with Gasteiger partial charge in [-0.1, -0.05) is 36.9 Å². The zero-order chi connectivity index (χ0) is 21.8. The first-order valence-corrected chi connectivity index (χ1v) is 11.9. The Balaban J connectivity index is 1.49. The number of hydrogen-bond donors (Lipinski definition) is 2. The molecule has 31 heavy (non-hydrogen) atoms. The summed E-state index contributed by atoms with van der Waals surface area (Å²) >= 11 is 2.89. The van der Waals surface area contributed by atoms with Crippen molar-refractivity contribution in [3.8, 4) is 0 Å². The van der Waals surface area contributed by atoms with E-state index >= 15 is 0 Å². The fraction of sp³-hybridized carbons (Fsp3) is 0.174. The first kappa shape index (κ1) is 21.1. The van der Waals surface area contributed by atoms with Crippen LogP contribution in [-0.2, 0) is 17.8 Å². The van der Waals surface area contributed by atoms with Crippen molar-refractivity contribution in [3.63, 3.8) is 0 Å². The second kappa shape index (κ2) is 9.36. The molecule has 0 unspecified atom stereocenters. The number of thiophene rings is 1. The molecule has 0 atom stereocenters. The molecule has 0 radical (unpaired) electrons. The number of hydrogen-bond acceptors (Lipinski definition) is 6. The molecule has 0 saturated carbocycles. The van der Waals surface area contributed by atoms with Crippen molar-refractivity contribution in [2.45, 2.75) is 25.0 Å². The Morgan fingerprint density at radius 2 is 1.74 bits per heavy atom. The average Bonchev–Trinajstić information content (AvgIpc) is 3.21. The smallest absolute Gasteiger partial charge is 0.263 e. The number of carbonyl (C=O) groups is 1. The molecular weight excluding hydrogens is 428 g/mol. The van der Waals surface area contributed by atoms with Crippen molar-refractivity contribution >= 4 is 56.3 Å². The van der Waals surface area contributed by atoms with E-state index in [9.17, 15) is 9.59 Å². The van der Waals surface area contributed by atoms with E-state index in [4.69, 9.17) is 0 Å². The highest BCUT2D eigenvalue weighted by Gasteiger charge is 2.16. The number of thioether (sulfide) groups is 1. The summed E-state index contributed by atoms with van der Waals surface area (Å²) in [6, 6.07) is 19.2. The van der Waals surface area contributed by atoms with E-state index in [1.165, 1.54) is 27.7 Å². The lowest BCUT2D eigenvalue weighted by Crippen LogP contribution is -2.29. The number of nitrogens with zero attached hydrogens (tertiary/aromatic N) is 2. The monoisotopic (exact) mass is 450 g/mol. The zero-order valence-electron chi connectivity index (χ0n) is 17.2. The summed E-state index contributed by atoms with van der Waals surface area (Å²) in [6.45, 7) is 1.96. The van der Waals surface area contributed by atoms with Gasteiger partial charge in [-0.2, -0.15) is 0 Å². The summed E-state index contributed by atoms with van der Waals surface area (Å²) in [5.41, 5.74) is 2.40. The molecule has 6 nitrogen and oxygen atoms in total. The van der Waals surface area contributed by atoms with Crippen molar-refractivity contribution in [2.24, 2.45) is 0 Å². The van der Waals surface area contributed by atoms with E-state index in [2.05, 4.69) is 15.6 Å². The topological polar surface area (TPSA) is 76.0 Å². The Labute approximate surface area is 188 Å². The number of benzene rings is 2. The fourth-order valence-corrected chi connectivity index (χ4v) is 4.75. The van der Waals surface area contributed by atoms with Crippen LogP contribution in [0.25, 0.3) is 10.2 Å². The van der Waals surface area contributed by atoms with E-state index in [0.717, 1.165) is 27.5 Å². The van der Waals surface area contributed by atoms with Crippen LogP contribution in [-0.4, -0.2) is 21.7 Å². The number of carbonyl (C=O) groups excluding carboxylic acids is 1. The lowest BCUT2D eigenvalue weighted by atomic mass is 10.2. The first-order chi connectivity index (χ1) is 15.1. The SMILES string of the molecule is CCc1cc2c(=O)n(CC(=O)Nc3ccc(Nc4ccccc4)cc3)c(SC)nc2s1. The molecule has 4 aromatic rings. The second-order valence-corrected chi connectivity index (χ2v) is 8.78. The van der Waals surface area contributed by atoms with Gasteiger partial charge in [0.1, 0.15) is 11.4 Å². The summed E-state index contributed by atoms with van der Waals surface area (Å²) in [5.74, 6) is -0.270. The van der Waals surface area contributed by atoms with E-state index in [1.807, 2.05) is 73.8 Å². The number of fused-ring (bicyclic) bond motifs is 1. The van der Waals surface area contributed by atoms with Gasteiger partial charge in [0.15, 0.2) is 5.16 Å². The maximum absolute atomic E-state index is 13.0. The zero-order valence-corrected chi connectivity index (χ0v) is 18.8. The Kier molecular flexibility index (Phi) is 6.39. The quantitative estimate of drug-likeness (QED) is 0.302. The molecule has 0 spiro atoms. The number of aryl methyl sites for hydroxylation is 1. The largest absolute Gasteiger partial charge is 0.356 e. The molecular formula is C23H22N4O2S2. The summed E-state index contributed by atoms with van der Waals surface area (Å²) in [7, 11) is 0. The van der Waals surface area contributed by atoms with Crippen LogP contribution < -0.4 is 16.2 Å². The molecule has 0 bridgehead atoms. The van der Waals surface area contributed by atoms with Gasteiger partial charge in [-0.25, -0.2) is 4.98 Å². The normalized spacial score (nSPS) is 10.9. The molecule has 2 N–H and O–H groups in total. The highest BCUT2D eigenvalue weighted by molar-refractivity contribution is 7.98. The maximum Gasteiger partial charge on any atom is 0.263 e. The van der Waals surface area contributed by atoms with Crippen molar-refractivity contribution in [3.05, 3.63) is 75.9 Å². The van der Waals surface area contributed by atoms with Crippen LogP contribution in [0.15, 0.2) is 70.6 Å². The lowest BCUT2D eigenvalue weighted by molar-refractivity contribution is -0.116. The Hall–Kier alpha value is -3.10. The summed E-state index contributed by atoms with van der Waals surface area (Å²) in [6.07, 6.45) is 2.71. The molecule has 2 heterocycles. The van der Waals surface area contributed by atoms with Gasteiger partial charge in [0.25, 0.3) is 5.56 Å². The van der Waals surface area contributed by atoms with Crippen LogP contribution >= 0.6 is 23.1 Å². The molecule has 8 heteroatoms. The summed E-state index contributed by atoms with van der Waals surface area (Å²) < 4.78 is 1.44. The third-order valence-corrected chi connectivity index (χ3v) is 6.58.